The number of aromatic nitrogens is 3. The van der Waals surface area contributed by atoms with Gasteiger partial charge in [0.25, 0.3) is 5.91 Å². The number of carbonyl (C=O) groups excluding carboxylic acids is 1. The van der Waals surface area contributed by atoms with Gasteiger partial charge in [-0.3, -0.25) is 9.48 Å². The van der Waals surface area contributed by atoms with Gasteiger partial charge in [-0.2, -0.15) is 10.1 Å². The highest BCUT2D eigenvalue weighted by Crippen LogP contribution is 2.24. The van der Waals surface area contributed by atoms with Gasteiger partial charge in [-0.25, -0.2) is 0 Å². The standard InChI is InChI=1S/C15H15ClN4OS/c1-4-20-9(2)8-11(18-20)14(21)17-15-19(3)13-10(16)6-5-7-12(13)22-15/h5-8H,4H2,1-3H3. The molecule has 2 aromatic heterocycles. The second-order valence-corrected chi connectivity index (χ2v) is 6.35. The second kappa shape index (κ2) is 5.70. The van der Waals surface area contributed by atoms with Crippen LogP contribution in [0.25, 0.3) is 10.2 Å². The van der Waals surface area contributed by atoms with E-state index in [2.05, 4.69) is 10.1 Å². The van der Waals surface area contributed by atoms with Gasteiger partial charge in [-0.05, 0) is 32.0 Å². The molecular formula is C15H15ClN4OS. The monoisotopic (exact) mass is 334 g/mol. The predicted octanol–water partition coefficient (Wildman–Crippen LogP) is 3.16. The molecule has 0 bridgehead atoms. The molecule has 0 unspecified atom stereocenters. The van der Waals surface area contributed by atoms with E-state index in [-0.39, 0.29) is 5.91 Å². The van der Waals surface area contributed by atoms with E-state index in [1.807, 2.05) is 43.7 Å². The van der Waals surface area contributed by atoms with Gasteiger partial charge >= 0.3 is 0 Å². The SMILES string of the molecule is CCn1nc(C(=O)N=c2sc3cccc(Cl)c3n2C)cc1C. The van der Waals surface area contributed by atoms with Crippen LogP contribution >= 0.6 is 22.9 Å². The molecule has 0 N–H and O–H groups in total. The number of hydrogen-bond donors (Lipinski definition) is 0. The molecule has 3 rings (SSSR count). The Balaban J connectivity index is 2.10. The summed E-state index contributed by atoms with van der Waals surface area (Å²) in [5, 5.41) is 4.92. The fraction of sp³-hybridized carbons (Fsp3) is 0.267. The Kier molecular flexibility index (Phi) is 3.88. The van der Waals surface area contributed by atoms with Crippen LogP contribution in [0, 0.1) is 6.92 Å². The van der Waals surface area contributed by atoms with Crippen molar-refractivity contribution in [1.82, 2.24) is 14.3 Å². The molecule has 114 valence electrons. The van der Waals surface area contributed by atoms with E-state index in [0.29, 0.717) is 15.5 Å². The van der Waals surface area contributed by atoms with E-state index in [9.17, 15) is 4.79 Å². The lowest BCUT2D eigenvalue weighted by molar-refractivity contribution is 0.0992. The van der Waals surface area contributed by atoms with Crippen LogP contribution in [0.5, 0.6) is 0 Å². The number of aryl methyl sites for hydroxylation is 3. The van der Waals surface area contributed by atoms with Crippen molar-refractivity contribution < 1.29 is 4.79 Å². The smallest absolute Gasteiger partial charge is 0.300 e. The van der Waals surface area contributed by atoms with Crippen LogP contribution in [0.2, 0.25) is 5.02 Å². The Morgan fingerprint density at radius 1 is 1.45 bits per heavy atom. The van der Waals surface area contributed by atoms with Crippen LogP contribution in [-0.4, -0.2) is 20.3 Å². The van der Waals surface area contributed by atoms with E-state index in [1.54, 1.807) is 10.7 Å². The van der Waals surface area contributed by atoms with Crippen LogP contribution in [-0.2, 0) is 13.6 Å². The average Bonchev–Trinajstić information content (AvgIpc) is 3.01. The zero-order chi connectivity index (χ0) is 15.9. The zero-order valence-corrected chi connectivity index (χ0v) is 14.1. The van der Waals surface area contributed by atoms with E-state index >= 15 is 0 Å². The molecule has 1 amide bonds. The second-order valence-electron chi connectivity index (χ2n) is 4.93. The van der Waals surface area contributed by atoms with Gasteiger partial charge in [-0.1, -0.05) is 29.0 Å². The van der Waals surface area contributed by atoms with Gasteiger partial charge in [0.05, 0.1) is 15.2 Å². The molecule has 0 aliphatic carbocycles. The number of thiazole rings is 1. The van der Waals surface area contributed by atoms with Crippen molar-refractivity contribution in [1.29, 1.82) is 0 Å². The van der Waals surface area contributed by atoms with Crippen molar-refractivity contribution in [3.05, 3.63) is 45.5 Å². The highest BCUT2D eigenvalue weighted by molar-refractivity contribution is 7.16. The summed E-state index contributed by atoms with van der Waals surface area (Å²) < 4.78 is 4.62. The first kappa shape index (κ1) is 15.0. The number of fused-ring (bicyclic) bond motifs is 1. The molecule has 0 radical (unpaired) electrons. The molecule has 0 aliphatic heterocycles. The van der Waals surface area contributed by atoms with Crippen molar-refractivity contribution in [2.45, 2.75) is 20.4 Å². The van der Waals surface area contributed by atoms with Crippen molar-refractivity contribution in [2.75, 3.05) is 0 Å². The lowest BCUT2D eigenvalue weighted by atomic mass is 10.3. The zero-order valence-electron chi connectivity index (χ0n) is 12.5. The summed E-state index contributed by atoms with van der Waals surface area (Å²) in [6, 6.07) is 7.44. The molecule has 0 saturated heterocycles. The highest BCUT2D eigenvalue weighted by Gasteiger charge is 2.12. The summed E-state index contributed by atoms with van der Waals surface area (Å²) in [5.74, 6) is -0.339. The van der Waals surface area contributed by atoms with Gasteiger partial charge < -0.3 is 4.57 Å². The Bertz CT molecular complexity index is 935. The summed E-state index contributed by atoms with van der Waals surface area (Å²) in [6.07, 6.45) is 0. The van der Waals surface area contributed by atoms with Crippen LogP contribution in [0.1, 0.15) is 23.1 Å². The largest absolute Gasteiger partial charge is 0.318 e. The summed E-state index contributed by atoms with van der Waals surface area (Å²) >= 11 is 7.65. The molecule has 0 fully saturated rings. The number of rotatable bonds is 2. The maximum Gasteiger partial charge on any atom is 0.300 e. The normalized spacial score (nSPS) is 12.3. The summed E-state index contributed by atoms with van der Waals surface area (Å²) in [6.45, 7) is 4.64. The number of para-hydroxylation sites is 1. The maximum absolute atomic E-state index is 12.3. The van der Waals surface area contributed by atoms with E-state index < -0.39 is 0 Å². The fourth-order valence-corrected chi connectivity index (χ4v) is 3.74. The number of hydrogen-bond acceptors (Lipinski definition) is 3. The van der Waals surface area contributed by atoms with Crippen molar-refractivity contribution in [3.8, 4) is 0 Å². The summed E-state index contributed by atoms with van der Waals surface area (Å²) in [7, 11) is 1.85. The predicted molar refractivity (Wildman–Crippen MR) is 88.3 cm³/mol. The summed E-state index contributed by atoms with van der Waals surface area (Å²) in [4.78, 5) is 17.1. The quantitative estimate of drug-likeness (QED) is 0.723. The van der Waals surface area contributed by atoms with Crippen LogP contribution in [0.15, 0.2) is 29.3 Å². The van der Waals surface area contributed by atoms with Crippen molar-refractivity contribution in [2.24, 2.45) is 12.0 Å². The Hall–Kier alpha value is -1.92. The minimum atomic E-state index is -0.339. The van der Waals surface area contributed by atoms with Crippen molar-refractivity contribution in [3.63, 3.8) is 0 Å². The molecule has 0 atom stereocenters. The van der Waals surface area contributed by atoms with Gasteiger partial charge in [0.2, 0.25) is 0 Å². The molecule has 22 heavy (non-hydrogen) atoms. The minimum absolute atomic E-state index is 0.339. The third-order valence-electron chi connectivity index (χ3n) is 3.47. The maximum atomic E-state index is 12.3. The molecule has 0 aliphatic rings. The number of halogens is 1. The fourth-order valence-electron chi connectivity index (χ4n) is 2.34. The molecule has 0 saturated carbocycles. The first-order valence-corrected chi connectivity index (χ1v) is 8.08. The van der Waals surface area contributed by atoms with Crippen LogP contribution < -0.4 is 4.80 Å². The third kappa shape index (κ3) is 2.48. The Morgan fingerprint density at radius 2 is 2.23 bits per heavy atom. The van der Waals surface area contributed by atoms with Crippen molar-refractivity contribution >= 4 is 39.1 Å². The lowest BCUT2D eigenvalue weighted by Gasteiger charge is -1.97. The first-order chi connectivity index (χ1) is 10.5. The molecular weight excluding hydrogens is 320 g/mol. The van der Waals surface area contributed by atoms with Crippen LogP contribution in [0.3, 0.4) is 0 Å². The van der Waals surface area contributed by atoms with Crippen LogP contribution in [0.4, 0.5) is 0 Å². The molecule has 5 nitrogen and oxygen atoms in total. The third-order valence-corrected chi connectivity index (χ3v) is 4.87. The minimum Gasteiger partial charge on any atom is -0.318 e. The van der Waals surface area contributed by atoms with Gasteiger partial charge in [0.15, 0.2) is 10.5 Å². The molecule has 7 heteroatoms. The lowest BCUT2D eigenvalue weighted by Crippen LogP contribution is -2.14. The topological polar surface area (TPSA) is 52.2 Å². The Morgan fingerprint density at radius 3 is 2.86 bits per heavy atom. The summed E-state index contributed by atoms with van der Waals surface area (Å²) in [5.41, 5.74) is 2.20. The average molecular weight is 335 g/mol. The molecule has 0 spiro atoms. The van der Waals surface area contributed by atoms with E-state index in [0.717, 1.165) is 22.5 Å². The Labute approximate surface area is 136 Å². The van der Waals surface area contributed by atoms with Gasteiger partial charge in [-0.15, -0.1) is 0 Å². The first-order valence-electron chi connectivity index (χ1n) is 6.88. The van der Waals surface area contributed by atoms with Gasteiger partial charge in [0, 0.05) is 19.3 Å². The van der Waals surface area contributed by atoms with E-state index in [1.165, 1.54) is 11.3 Å². The molecule has 2 heterocycles. The highest BCUT2D eigenvalue weighted by atomic mass is 35.5. The number of nitrogens with zero attached hydrogens (tertiary/aromatic N) is 4. The van der Waals surface area contributed by atoms with E-state index in [4.69, 9.17) is 11.6 Å². The molecule has 1 aromatic carbocycles. The molecule has 3 aromatic rings. The number of carbonyl (C=O) groups is 1. The van der Waals surface area contributed by atoms with Gasteiger partial charge in [0.1, 0.15) is 0 Å². The number of amides is 1. The number of benzene rings is 1.